The van der Waals surface area contributed by atoms with E-state index in [1.54, 1.807) is 12.4 Å². The molecule has 1 N–H and O–H groups in total. The number of imidazole rings is 1. The van der Waals surface area contributed by atoms with Crippen LogP contribution in [-0.2, 0) is 17.8 Å². The Morgan fingerprint density at radius 3 is 3.06 bits per heavy atom. The van der Waals surface area contributed by atoms with Crippen LogP contribution in [0.1, 0.15) is 17.7 Å². The standard InChI is InChI=1S/C13H15FN2O/c14-12-4-1-3-11(7-12)9-17-6-2-5-13-8-15-10-16-13/h1,3-4,7-8,10H,2,5-6,9H2,(H,15,16). The molecule has 2 aromatic rings. The summed E-state index contributed by atoms with van der Waals surface area (Å²) in [5, 5.41) is 0. The quantitative estimate of drug-likeness (QED) is 0.780. The summed E-state index contributed by atoms with van der Waals surface area (Å²) in [6.45, 7) is 1.12. The Labute approximate surface area is 99.7 Å². The fourth-order valence-electron chi connectivity index (χ4n) is 1.60. The van der Waals surface area contributed by atoms with E-state index in [0.717, 1.165) is 24.1 Å². The number of H-pyrrole nitrogens is 1. The molecule has 0 spiro atoms. The first-order chi connectivity index (χ1) is 8.34. The van der Waals surface area contributed by atoms with E-state index in [1.807, 2.05) is 12.3 Å². The molecule has 2 rings (SSSR count). The molecule has 0 atom stereocenters. The summed E-state index contributed by atoms with van der Waals surface area (Å²) >= 11 is 0. The monoisotopic (exact) mass is 234 g/mol. The lowest BCUT2D eigenvalue weighted by Crippen LogP contribution is -1.98. The first kappa shape index (κ1) is 11.8. The number of hydrogen-bond acceptors (Lipinski definition) is 2. The molecular formula is C13H15FN2O. The van der Waals surface area contributed by atoms with Crippen molar-refractivity contribution in [1.29, 1.82) is 0 Å². The molecule has 0 aliphatic carbocycles. The Morgan fingerprint density at radius 2 is 2.29 bits per heavy atom. The predicted molar refractivity (Wildman–Crippen MR) is 63.0 cm³/mol. The van der Waals surface area contributed by atoms with E-state index < -0.39 is 0 Å². The summed E-state index contributed by atoms with van der Waals surface area (Å²) in [4.78, 5) is 6.98. The van der Waals surface area contributed by atoms with Gasteiger partial charge in [-0.25, -0.2) is 9.37 Å². The molecule has 0 amide bonds. The van der Waals surface area contributed by atoms with Crippen molar-refractivity contribution in [2.24, 2.45) is 0 Å². The topological polar surface area (TPSA) is 37.9 Å². The van der Waals surface area contributed by atoms with Gasteiger partial charge in [-0.1, -0.05) is 12.1 Å². The molecule has 0 aliphatic rings. The van der Waals surface area contributed by atoms with Crippen molar-refractivity contribution in [2.45, 2.75) is 19.4 Å². The minimum absolute atomic E-state index is 0.219. The second-order valence-electron chi connectivity index (χ2n) is 3.86. The zero-order valence-electron chi connectivity index (χ0n) is 9.53. The van der Waals surface area contributed by atoms with Gasteiger partial charge in [0.1, 0.15) is 5.82 Å². The summed E-state index contributed by atoms with van der Waals surface area (Å²) in [5.74, 6) is -0.219. The highest BCUT2D eigenvalue weighted by Crippen LogP contribution is 2.05. The van der Waals surface area contributed by atoms with Gasteiger partial charge in [-0.05, 0) is 30.5 Å². The molecule has 0 unspecified atom stereocenters. The molecule has 0 aliphatic heterocycles. The molecule has 0 saturated heterocycles. The fraction of sp³-hybridized carbons (Fsp3) is 0.308. The summed E-state index contributed by atoms with van der Waals surface area (Å²) in [6.07, 6.45) is 5.33. The lowest BCUT2D eigenvalue weighted by Gasteiger charge is -2.03. The Bertz CT molecular complexity index is 442. The number of aromatic nitrogens is 2. The van der Waals surface area contributed by atoms with Crippen LogP contribution in [0.2, 0.25) is 0 Å². The fourth-order valence-corrected chi connectivity index (χ4v) is 1.60. The predicted octanol–water partition coefficient (Wildman–Crippen LogP) is 2.70. The van der Waals surface area contributed by atoms with Crippen LogP contribution in [0.15, 0.2) is 36.8 Å². The van der Waals surface area contributed by atoms with E-state index in [4.69, 9.17) is 4.74 Å². The molecule has 3 nitrogen and oxygen atoms in total. The van der Waals surface area contributed by atoms with Crippen molar-refractivity contribution in [1.82, 2.24) is 9.97 Å². The lowest BCUT2D eigenvalue weighted by molar-refractivity contribution is 0.118. The SMILES string of the molecule is Fc1cccc(COCCCc2cnc[nH]2)c1. The number of aryl methyl sites for hydroxylation is 1. The Balaban J connectivity index is 1.63. The van der Waals surface area contributed by atoms with Gasteiger partial charge >= 0.3 is 0 Å². The third-order valence-electron chi connectivity index (χ3n) is 2.45. The third kappa shape index (κ3) is 4.00. The van der Waals surface area contributed by atoms with Crippen molar-refractivity contribution in [3.63, 3.8) is 0 Å². The molecule has 0 radical (unpaired) electrons. The number of aromatic amines is 1. The summed E-state index contributed by atoms with van der Waals surface area (Å²) in [7, 11) is 0. The molecule has 0 saturated carbocycles. The van der Waals surface area contributed by atoms with Crippen LogP contribution in [0.4, 0.5) is 4.39 Å². The summed E-state index contributed by atoms with van der Waals surface area (Å²) in [5.41, 5.74) is 1.98. The van der Waals surface area contributed by atoms with E-state index in [-0.39, 0.29) is 5.82 Å². The van der Waals surface area contributed by atoms with Crippen LogP contribution in [-0.4, -0.2) is 16.6 Å². The highest BCUT2D eigenvalue weighted by molar-refractivity contribution is 5.15. The van der Waals surface area contributed by atoms with Crippen LogP contribution in [0.3, 0.4) is 0 Å². The van der Waals surface area contributed by atoms with Crippen LogP contribution < -0.4 is 0 Å². The number of hydrogen-bond donors (Lipinski definition) is 1. The van der Waals surface area contributed by atoms with Gasteiger partial charge in [0.25, 0.3) is 0 Å². The molecule has 17 heavy (non-hydrogen) atoms. The van der Waals surface area contributed by atoms with Crippen molar-refractivity contribution < 1.29 is 9.13 Å². The van der Waals surface area contributed by atoms with Crippen molar-refractivity contribution in [3.8, 4) is 0 Å². The highest BCUT2D eigenvalue weighted by atomic mass is 19.1. The van der Waals surface area contributed by atoms with Gasteiger partial charge in [0.2, 0.25) is 0 Å². The normalized spacial score (nSPS) is 10.6. The molecule has 1 aromatic heterocycles. The number of rotatable bonds is 6. The smallest absolute Gasteiger partial charge is 0.123 e. The van der Waals surface area contributed by atoms with Gasteiger partial charge in [0, 0.05) is 18.5 Å². The number of benzene rings is 1. The minimum atomic E-state index is -0.219. The van der Waals surface area contributed by atoms with Crippen LogP contribution in [0.25, 0.3) is 0 Å². The number of ether oxygens (including phenoxy) is 1. The molecular weight excluding hydrogens is 219 g/mol. The maximum atomic E-state index is 12.9. The second kappa shape index (κ2) is 6.15. The molecule has 90 valence electrons. The van der Waals surface area contributed by atoms with Gasteiger partial charge in [-0.2, -0.15) is 0 Å². The summed E-state index contributed by atoms with van der Waals surface area (Å²) in [6, 6.07) is 6.48. The van der Waals surface area contributed by atoms with Gasteiger partial charge in [0.05, 0.1) is 12.9 Å². The van der Waals surface area contributed by atoms with E-state index in [1.165, 1.54) is 12.1 Å². The number of nitrogens with one attached hydrogen (secondary N) is 1. The number of halogens is 1. The average molecular weight is 234 g/mol. The van der Waals surface area contributed by atoms with Gasteiger partial charge < -0.3 is 9.72 Å². The maximum Gasteiger partial charge on any atom is 0.123 e. The second-order valence-corrected chi connectivity index (χ2v) is 3.86. The average Bonchev–Trinajstić information content (AvgIpc) is 2.82. The lowest BCUT2D eigenvalue weighted by atomic mass is 10.2. The maximum absolute atomic E-state index is 12.9. The van der Waals surface area contributed by atoms with Crippen LogP contribution in [0.5, 0.6) is 0 Å². The molecule has 4 heteroatoms. The molecule has 0 fully saturated rings. The van der Waals surface area contributed by atoms with E-state index in [0.29, 0.717) is 13.2 Å². The Hall–Kier alpha value is -1.68. The van der Waals surface area contributed by atoms with Gasteiger partial charge in [-0.15, -0.1) is 0 Å². The minimum Gasteiger partial charge on any atom is -0.377 e. The zero-order chi connectivity index (χ0) is 11.9. The Morgan fingerprint density at radius 1 is 1.35 bits per heavy atom. The van der Waals surface area contributed by atoms with E-state index >= 15 is 0 Å². The van der Waals surface area contributed by atoms with Crippen molar-refractivity contribution >= 4 is 0 Å². The van der Waals surface area contributed by atoms with Gasteiger partial charge in [0.15, 0.2) is 0 Å². The van der Waals surface area contributed by atoms with Crippen LogP contribution in [0, 0.1) is 5.82 Å². The summed E-state index contributed by atoms with van der Waals surface area (Å²) < 4.78 is 18.3. The van der Waals surface area contributed by atoms with Gasteiger partial charge in [-0.3, -0.25) is 0 Å². The van der Waals surface area contributed by atoms with E-state index in [9.17, 15) is 4.39 Å². The zero-order valence-corrected chi connectivity index (χ0v) is 9.53. The molecule has 0 bridgehead atoms. The largest absolute Gasteiger partial charge is 0.377 e. The molecule has 1 aromatic carbocycles. The molecule has 1 heterocycles. The van der Waals surface area contributed by atoms with Crippen LogP contribution >= 0.6 is 0 Å². The number of nitrogens with zero attached hydrogens (tertiary/aromatic N) is 1. The first-order valence-corrected chi connectivity index (χ1v) is 5.64. The first-order valence-electron chi connectivity index (χ1n) is 5.64. The highest BCUT2D eigenvalue weighted by Gasteiger charge is 1.97. The van der Waals surface area contributed by atoms with E-state index in [2.05, 4.69) is 9.97 Å². The van der Waals surface area contributed by atoms with Crippen molar-refractivity contribution in [3.05, 3.63) is 53.9 Å². The van der Waals surface area contributed by atoms with Crippen molar-refractivity contribution in [2.75, 3.05) is 6.61 Å². The Kier molecular flexibility index (Phi) is 4.27. The third-order valence-corrected chi connectivity index (χ3v) is 2.45.